The Morgan fingerprint density at radius 3 is 2.56 bits per heavy atom. The summed E-state index contributed by atoms with van der Waals surface area (Å²) in [6, 6.07) is 0. The predicted octanol–water partition coefficient (Wildman–Crippen LogP) is 2.22. The van der Waals surface area contributed by atoms with Gasteiger partial charge in [0, 0.05) is 18.5 Å². The quantitative estimate of drug-likeness (QED) is 0.724. The molecule has 4 nitrogen and oxygen atoms in total. The number of carbonyl (C=O) groups is 2. The number of ether oxygens (including phenoxy) is 1. The number of nitrogens with zero attached hydrogens (tertiary/aromatic N) is 1. The number of hydrogen-bond donors (Lipinski definition) is 0. The third-order valence-corrected chi connectivity index (χ3v) is 3.79. The number of esters is 1. The van der Waals surface area contributed by atoms with E-state index >= 15 is 0 Å². The van der Waals surface area contributed by atoms with Gasteiger partial charge in [0.05, 0.1) is 12.5 Å². The average Bonchev–Trinajstić information content (AvgIpc) is 2.38. The smallest absolute Gasteiger partial charge is 0.310 e. The van der Waals surface area contributed by atoms with E-state index in [0.717, 1.165) is 25.8 Å². The minimum Gasteiger partial charge on any atom is -0.466 e. The van der Waals surface area contributed by atoms with E-state index in [-0.39, 0.29) is 23.2 Å². The Balaban J connectivity index is 2.64. The summed E-state index contributed by atoms with van der Waals surface area (Å²) in [5, 5.41) is 0. The molecule has 4 heteroatoms. The van der Waals surface area contributed by atoms with Crippen LogP contribution in [0.1, 0.15) is 47.0 Å². The average molecular weight is 255 g/mol. The van der Waals surface area contributed by atoms with Gasteiger partial charge in [0.1, 0.15) is 0 Å². The molecule has 104 valence electrons. The molecule has 0 aliphatic carbocycles. The fraction of sp³-hybridized carbons (Fsp3) is 0.857. The van der Waals surface area contributed by atoms with Crippen molar-refractivity contribution in [2.75, 3.05) is 19.7 Å². The highest BCUT2D eigenvalue weighted by Crippen LogP contribution is 2.27. The van der Waals surface area contributed by atoms with Crippen LogP contribution >= 0.6 is 0 Å². The molecule has 0 spiro atoms. The van der Waals surface area contributed by atoms with E-state index in [1.807, 2.05) is 32.6 Å². The number of carbonyl (C=O) groups excluding carboxylic acids is 2. The van der Waals surface area contributed by atoms with Crippen LogP contribution in [0.3, 0.4) is 0 Å². The number of amides is 1. The Morgan fingerprint density at radius 1 is 1.33 bits per heavy atom. The van der Waals surface area contributed by atoms with Gasteiger partial charge < -0.3 is 9.64 Å². The van der Waals surface area contributed by atoms with Crippen molar-refractivity contribution in [3.63, 3.8) is 0 Å². The summed E-state index contributed by atoms with van der Waals surface area (Å²) in [7, 11) is 0. The second-order valence-electron chi connectivity index (χ2n) is 5.58. The van der Waals surface area contributed by atoms with Crippen LogP contribution in [0.5, 0.6) is 0 Å². The largest absolute Gasteiger partial charge is 0.466 e. The molecule has 18 heavy (non-hydrogen) atoms. The number of rotatable bonds is 4. The van der Waals surface area contributed by atoms with E-state index in [1.165, 1.54) is 0 Å². The zero-order valence-electron chi connectivity index (χ0n) is 12.0. The summed E-state index contributed by atoms with van der Waals surface area (Å²) in [4.78, 5) is 25.9. The molecule has 0 aromatic carbocycles. The maximum atomic E-state index is 12.4. The lowest BCUT2D eigenvalue weighted by Gasteiger charge is -2.36. The van der Waals surface area contributed by atoms with E-state index in [4.69, 9.17) is 4.74 Å². The van der Waals surface area contributed by atoms with Gasteiger partial charge in [0.15, 0.2) is 0 Å². The Kier molecular flexibility index (Phi) is 5.17. The Labute approximate surface area is 110 Å². The molecule has 0 N–H and O–H groups in total. The molecule has 0 aromatic rings. The normalized spacial score (nSPS) is 20.7. The summed E-state index contributed by atoms with van der Waals surface area (Å²) >= 11 is 0. The first-order valence-corrected chi connectivity index (χ1v) is 6.88. The zero-order chi connectivity index (χ0) is 13.8. The first-order valence-electron chi connectivity index (χ1n) is 6.88. The van der Waals surface area contributed by atoms with Gasteiger partial charge in [-0.1, -0.05) is 20.8 Å². The van der Waals surface area contributed by atoms with E-state index in [0.29, 0.717) is 13.2 Å². The second kappa shape index (κ2) is 6.21. The number of piperidine rings is 1. The first-order chi connectivity index (χ1) is 8.42. The van der Waals surface area contributed by atoms with Crippen molar-refractivity contribution in [2.24, 2.45) is 11.3 Å². The number of likely N-dealkylation sites (tertiary alicyclic amines) is 1. The lowest BCUT2D eigenvalue weighted by molar-refractivity contribution is -0.153. The molecule has 1 heterocycles. The van der Waals surface area contributed by atoms with Crippen LogP contribution < -0.4 is 0 Å². The van der Waals surface area contributed by atoms with Crippen molar-refractivity contribution in [3.8, 4) is 0 Å². The van der Waals surface area contributed by atoms with E-state index in [1.54, 1.807) is 0 Å². The third kappa shape index (κ3) is 3.47. The molecule has 1 aliphatic rings. The Morgan fingerprint density at radius 2 is 2.00 bits per heavy atom. The molecular weight excluding hydrogens is 230 g/mol. The van der Waals surface area contributed by atoms with Crippen molar-refractivity contribution in [1.82, 2.24) is 4.90 Å². The predicted molar refractivity (Wildman–Crippen MR) is 70.0 cm³/mol. The van der Waals surface area contributed by atoms with Crippen molar-refractivity contribution in [3.05, 3.63) is 0 Å². The van der Waals surface area contributed by atoms with Crippen molar-refractivity contribution < 1.29 is 14.3 Å². The maximum Gasteiger partial charge on any atom is 0.310 e. The van der Waals surface area contributed by atoms with Gasteiger partial charge in [-0.15, -0.1) is 0 Å². The van der Waals surface area contributed by atoms with Crippen LogP contribution in [0, 0.1) is 11.3 Å². The maximum absolute atomic E-state index is 12.4. The van der Waals surface area contributed by atoms with Crippen LogP contribution in [-0.2, 0) is 14.3 Å². The van der Waals surface area contributed by atoms with E-state index in [9.17, 15) is 9.59 Å². The van der Waals surface area contributed by atoms with Gasteiger partial charge in [-0.05, 0) is 26.2 Å². The fourth-order valence-electron chi connectivity index (χ4n) is 2.19. The summed E-state index contributed by atoms with van der Waals surface area (Å²) in [6.07, 6.45) is 2.52. The van der Waals surface area contributed by atoms with E-state index < -0.39 is 0 Å². The lowest BCUT2D eigenvalue weighted by atomic mass is 9.87. The second-order valence-corrected chi connectivity index (χ2v) is 5.58. The first kappa shape index (κ1) is 15.0. The van der Waals surface area contributed by atoms with Gasteiger partial charge in [-0.2, -0.15) is 0 Å². The molecule has 1 saturated heterocycles. The summed E-state index contributed by atoms with van der Waals surface area (Å²) < 4.78 is 5.04. The van der Waals surface area contributed by atoms with Crippen LogP contribution in [0.25, 0.3) is 0 Å². The lowest BCUT2D eigenvalue weighted by Crippen LogP contribution is -2.47. The Bertz CT molecular complexity index is 312. The highest BCUT2D eigenvalue weighted by atomic mass is 16.5. The van der Waals surface area contributed by atoms with Crippen molar-refractivity contribution >= 4 is 11.9 Å². The van der Waals surface area contributed by atoms with Gasteiger partial charge in [0.25, 0.3) is 0 Å². The van der Waals surface area contributed by atoms with Gasteiger partial charge in [0.2, 0.25) is 5.91 Å². The molecule has 0 bridgehead atoms. The SMILES string of the molecule is CCOC(=O)[C@H]1CCCN(C(=O)C(C)(C)CC)C1. The third-order valence-electron chi connectivity index (χ3n) is 3.79. The van der Waals surface area contributed by atoms with Crippen LogP contribution in [-0.4, -0.2) is 36.5 Å². The molecule has 0 radical (unpaired) electrons. The van der Waals surface area contributed by atoms with Crippen LogP contribution in [0.4, 0.5) is 0 Å². The van der Waals surface area contributed by atoms with Gasteiger partial charge >= 0.3 is 5.97 Å². The topological polar surface area (TPSA) is 46.6 Å². The summed E-state index contributed by atoms with van der Waals surface area (Å²) in [5.74, 6) is -0.154. The van der Waals surface area contributed by atoms with E-state index in [2.05, 4.69) is 0 Å². The minimum atomic E-state index is -0.337. The van der Waals surface area contributed by atoms with Crippen LogP contribution in [0.15, 0.2) is 0 Å². The number of hydrogen-bond acceptors (Lipinski definition) is 3. The summed E-state index contributed by atoms with van der Waals surface area (Å²) in [5.41, 5.74) is -0.337. The zero-order valence-corrected chi connectivity index (χ0v) is 12.0. The monoisotopic (exact) mass is 255 g/mol. The highest BCUT2D eigenvalue weighted by molar-refractivity contribution is 5.83. The molecule has 0 unspecified atom stereocenters. The van der Waals surface area contributed by atoms with Gasteiger partial charge in [-0.25, -0.2) is 0 Å². The van der Waals surface area contributed by atoms with Crippen molar-refractivity contribution in [1.29, 1.82) is 0 Å². The standard InChI is InChI=1S/C14H25NO3/c1-5-14(3,4)13(17)15-9-7-8-11(10-15)12(16)18-6-2/h11H,5-10H2,1-4H3/t11-/m0/s1. The molecular formula is C14H25NO3. The fourth-order valence-corrected chi connectivity index (χ4v) is 2.19. The summed E-state index contributed by atoms with van der Waals surface area (Å²) in [6.45, 7) is 9.43. The molecule has 0 saturated carbocycles. The van der Waals surface area contributed by atoms with Crippen molar-refractivity contribution in [2.45, 2.75) is 47.0 Å². The molecule has 0 aromatic heterocycles. The van der Waals surface area contributed by atoms with Gasteiger partial charge in [-0.3, -0.25) is 9.59 Å². The highest BCUT2D eigenvalue weighted by Gasteiger charge is 2.35. The minimum absolute atomic E-state index is 0.143. The Hall–Kier alpha value is -1.06. The molecule has 1 amide bonds. The molecule has 1 fully saturated rings. The molecule has 1 aliphatic heterocycles. The van der Waals surface area contributed by atoms with Crippen LogP contribution in [0.2, 0.25) is 0 Å². The molecule has 1 atom stereocenters. The molecule has 1 rings (SSSR count).